The molecule has 0 radical (unpaired) electrons. The minimum absolute atomic E-state index is 0.0113. The molecule has 0 fully saturated rings. The third-order valence-corrected chi connectivity index (χ3v) is 3.63. The number of nitrogens with zero attached hydrogens (tertiary/aromatic N) is 3. The van der Waals surface area contributed by atoms with E-state index in [0.717, 1.165) is 11.3 Å². The van der Waals surface area contributed by atoms with E-state index in [1.54, 1.807) is 23.9 Å². The number of amides is 2. The Labute approximate surface area is 151 Å². The zero-order chi connectivity index (χ0) is 19.2. The number of carbonyl (C=O) groups excluding carboxylic acids is 2. The summed E-state index contributed by atoms with van der Waals surface area (Å²) in [5, 5.41) is 2.90. The molecule has 0 saturated heterocycles. The molecule has 1 N–H and O–H groups in total. The summed E-state index contributed by atoms with van der Waals surface area (Å²) in [4.78, 5) is 29.7. The lowest BCUT2D eigenvalue weighted by atomic mass is 10.1. The van der Waals surface area contributed by atoms with Crippen molar-refractivity contribution in [3.8, 4) is 0 Å². The second kappa shape index (κ2) is 8.85. The van der Waals surface area contributed by atoms with Crippen LogP contribution in [0.5, 0.6) is 0 Å². The van der Waals surface area contributed by atoms with Gasteiger partial charge in [0.2, 0.25) is 11.8 Å². The highest BCUT2D eigenvalue weighted by molar-refractivity contribution is 5.81. The molecule has 0 bridgehead atoms. The van der Waals surface area contributed by atoms with E-state index in [4.69, 9.17) is 0 Å². The Bertz CT molecular complexity index is 576. The van der Waals surface area contributed by atoms with Crippen LogP contribution >= 0.6 is 0 Å². The molecule has 0 aliphatic heterocycles. The SMILES string of the molecule is CN(CC(=O)NC(C)(C)C)CC(=O)N(C)Cc1ccc(N(C)C)cc1. The Balaban J connectivity index is 2.49. The number of anilines is 1. The molecule has 1 aromatic rings. The van der Waals surface area contributed by atoms with Crippen molar-refractivity contribution in [2.24, 2.45) is 0 Å². The van der Waals surface area contributed by atoms with Crippen molar-refractivity contribution in [2.45, 2.75) is 32.9 Å². The molecule has 0 aliphatic rings. The molecular weight excluding hydrogens is 316 g/mol. The number of hydrogen-bond acceptors (Lipinski definition) is 4. The summed E-state index contributed by atoms with van der Waals surface area (Å²) < 4.78 is 0. The first-order valence-corrected chi connectivity index (χ1v) is 8.48. The first-order valence-electron chi connectivity index (χ1n) is 8.48. The summed E-state index contributed by atoms with van der Waals surface area (Å²) in [6.45, 7) is 6.77. The standard InChI is InChI=1S/C19H32N4O2/c1-19(2,3)20-17(24)13-22(6)14-18(25)23(7)12-15-8-10-16(11-9-15)21(4)5/h8-11H,12-14H2,1-7H3,(H,20,24). The molecule has 0 atom stereocenters. The van der Waals surface area contributed by atoms with Crippen molar-refractivity contribution in [2.75, 3.05) is 46.2 Å². The largest absolute Gasteiger partial charge is 0.378 e. The fourth-order valence-electron chi connectivity index (χ4n) is 2.37. The van der Waals surface area contributed by atoms with E-state index in [1.165, 1.54) is 0 Å². The van der Waals surface area contributed by atoms with Crippen LogP contribution in [0.1, 0.15) is 26.3 Å². The zero-order valence-corrected chi connectivity index (χ0v) is 16.6. The van der Waals surface area contributed by atoms with Crippen molar-refractivity contribution in [3.05, 3.63) is 29.8 Å². The predicted octanol–water partition coefficient (Wildman–Crippen LogP) is 1.56. The summed E-state index contributed by atoms with van der Waals surface area (Å²) >= 11 is 0. The summed E-state index contributed by atoms with van der Waals surface area (Å²) in [7, 11) is 7.55. The molecule has 140 valence electrons. The lowest BCUT2D eigenvalue weighted by molar-refractivity contribution is -0.132. The minimum Gasteiger partial charge on any atom is -0.378 e. The van der Waals surface area contributed by atoms with Crippen molar-refractivity contribution in [1.29, 1.82) is 0 Å². The van der Waals surface area contributed by atoms with Crippen LogP contribution in [0.4, 0.5) is 5.69 Å². The molecule has 0 unspecified atom stereocenters. The second-order valence-corrected chi connectivity index (χ2v) is 7.78. The average Bonchev–Trinajstić information content (AvgIpc) is 2.45. The van der Waals surface area contributed by atoms with Crippen molar-refractivity contribution < 1.29 is 9.59 Å². The molecule has 1 aromatic carbocycles. The van der Waals surface area contributed by atoms with Crippen molar-refractivity contribution in [1.82, 2.24) is 15.1 Å². The maximum Gasteiger partial charge on any atom is 0.236 e. The van der Waals surface area contributed by atoms with Gasteiger partial charge < -0.3 is 15.1 Å². The van der Waals surface area contributed by atoms with Gasteiger partial charge in [0, 0.05) is 38.9 Å². The number of rotatable bonds is 7. The highest BCUT2D eigenvalue weighted by Gasteiger charge is 2.17. The van der Waals surface area contributed by atoms with Gasteiger partial charge in [-0.3, -0.25) is 14.5 Å². The highest BCUT2D eigenvalue weighted by atomic mass is 16.2. The molecule has 0 spiro atoms. The first kappa shape index (κ1) is 21.0. The minimum atomic E-state index is -0.266. The smallest absolute Gasteiger partial charge is 0.236 e. The summed E-state index contributed by atoms with van der Waals surface area (Å²) in [5.74, 6) is -0.0903. The van der Waals surface area contributed by atoms with Crippen LogP contribution in [-0.4, -0.2) is 68.4 Å². The van der Waals surface area contributed by atoms with Gasteiger partial charge in [0.1, 0.15) is 0 Å². The van der Waals surface area contributed by atoms with Crippen LogP contribution in [0.3, 0.4) is 0 Å². The molecule has 2 amide bonds. The molecule has 0 aromatic heterocycles. The van der Waals surface area contributed by atoms with Crippen LogP contribution in [0.15, 0.2) is 24.3 Å². The lowest BCUT2D eigenvalue weighted by Gasteiger charge is -2.24. The molecule has 0 saturated carbocycles. The van der Waals surface area contributed by atoms with E-state index in [2.05, 4.69) is 5.32 Å². The number of hydrogen-bond donors (Lipinski definition) is 1. The zero-order valence-electron chi connectivity index (χ0n) is 16.6. The molecule has 0 aliphatic carbocycles. The van der Waals surface area contributed by atoms with E-state index in [0.29, 0.717) is 6.54 Å². The monoisotopic (exact) mass is 348 g/mol. The van der Waals surface area contributed by atoms with Crippen LogP contribution in [-0.2, 0) is 16.1 Å². The Morgan fingerprint density at radius 3 is 2.00 bits per heavy atom. The molecule has 25 heavy (non-hydrogen) atoms. The Hall–Kier alpha value is -2.08. The molecule has 1 rings (SSSR count). The Kier molecular flexibility index (Phi) is 7.42. The van der Waals surface area contributed by atoms with Crippen LogP contribution in [0, 0.1) is 0 Å². The maximum absolute atomic E-state index is 12.3. The molecule has 0 heterocycles. The van der Waals surface area contributed by atoms with E-state index in [-0.39, 0.29) is 30.4 Å². The number of benzene rings is 1. The van der Waals surface area contributed by atoms with Gasteiger partial charge in [-0.1, -0.05) is 12.1 Å². The third-order valence-electron chi connectivity index (χ3n) is 3.63. The maximum atomic E-state index is 12.3. The summed E-state index contributed by atoms with van der Waals surface area (Å²) in [6, 6.07) is 8.13. The lowest BCUT2D eigenvalue weighted by Crippen LogP contribution is -2.46. The van der Waals surface area contributed by atoms with Crippen LogP contribution in [0.2, 0.25) is 0 Å². The number of nitrogens with one attached hydrogen (secondary N) is 1. The van der Waals surface area contributed by atoms with Gasteiger partial charge in [0.05, 0.1) is 13.1 Å². The molecular formula is C19H32N4O2. The van der Waals surface area contributed by atoms with E-state index < -0.39 is 0 Å². The summed E-state index contributed by atoms with van der Waals surface area (Å²) in [5.41, 5.74) is 1.94. The summed E-state index contributed by atoms with van der Waals surface area (Å²) in [6.07, 6.45) is 0. The Morgan fingerprint density at radius 1 is 0.960 bits per heavy atom. The average molecular weight is 348 g/mol. The second-order valence-electron chi connectivity index (χ2n) is 7.78. The third kappa shape index (κ3) is 8.03. The van der Waals surface area contributed by atoms with Gasteiger partial charge in [0.25, 0.3) is 0 Å². The molecule has 6 heteroatoms. The van der Waals surface area contributed by atoms with Gasteiger partial charge in [-0.25, -0.2) is 0 Å². The molecule has 6 nitrogen and oxygen atoms in total. The van der Waals surface area contributed by atoms with Crippen LogP contribution in [0.25, 0.3) is 0 Å². The van der Waals surface area contributed by atoms with Crippen LogP contribution < -0.4 is 10.2 Å². The van der Waals surface area contributed by atoms with Gasteiger partial charge in [-0.05, 0) is 45.5 Å². The van der Waals surface area contributed by atoms with E-state index >= 15 is 0 Å². The number of likely N-dealkylation sites (N-methyl/N-ethyl adjacent to an activating group) is 2. The quantitative estimate of drug-likeness (QED) is 0.812. The fourth-order valence-corrected chi connectivity index (χ4v) is 2.37. The first-order chi connectivity index (χ1) is 11.5. The van der Waals surface area contributed by atoms with E-state index in [1.807, 2.05) is 64.0 Å². The topological polar surface area (TPSA) is 55.9 Å². The van der Waals surface area contributed by atoms with Gasteiger partial charge in [0.15, 0.2) is 0 Å². The van der Waals surface area contributed by atoms with Gasteiger partial charge >= 0.3 is 0 Å². The van der Waals surface area contributed by atoms with Crippen molar-refractivity contribution in [3.63, 3.8) is 0 Å². The van der Waals surface area contributed by atoms with Gasteiger partial charge in [-0.2, -0.15) is 0 Å². The fraction of sp³-hybridized carbons (Fsp3) is 0.579. The predicted molar refractivity (Wildman–Crippen MR) is 103 cm³/mol. The normalized spacial score (nSPS) is 11.4. The van der Waals surface area contributed by atoms with Gasteiger partial charge in [-0.15, -0.1) is 0 Å². The number of carbonyl (C=O) groups is 2. The highest BCUT2D eigenvalue weighted by Crippen LogP contribution is 2.13. The van der Waals surface area contributed by atoms with E-state index in [9.17, 15) is 9.59 Å². The Morgan fingerprint density at radius 2 is 1.52 bits per heavy atom. The van der Waals surface area contributed by atoms with Crippen molar-refractivity contribution >= 4 is 17.5 Å².